The standard InChI is InChI=1S/C22H22BrFN2O3/c1-2-28-22(27)10-14-6-8-16(24)12-21(14)29-13-19-18-11-15(23)7-9-20(18)26(25-19)17-4-3-5-17/h6-9,11-12,17H,2-5,10,13H2,1H3. The maximum absolute atomic E-state index is 13.8. The van der Waals surface area contributed by atoms with Gasteiger partial charge in [0.25, 0.3) is 0 Å². The first-order valence-electron chi connectivity index (χ1n) is 9.78. The van der Waals surface area contributed by atoms with Crippen molar-refractivity contribution in [2.45, 2.75) is 45.3 Å². The van der Waals surface area contributed by atoms with E-state index in [4.69, 9.17) is 14.6 Å². The van der Waals surface area contributed by atoms with Crippen LogP contribution in [0, 0.1) is 5.82 Å². The number of esters is 1. The van der Waals surface area contributed by atoms with Gasteiger partial charge in [0.15, 0.2) is 0 Å². The molecule has 0 radical (unpaired) electrons. The Balaban J connectivity index is 1.61. The minimum Gasteiger partial charge on any atom is -0.487 e. The predicted octanol–water partition coefficient (Wildman–Crippen LogP) is 5.35. The van der Waals surface area contributed by atoms with Crippen LogP contribution in [0.25, 0.3) is 10.9 Å². The number of hydrogen-bond donors (Lipinski definition) is 0. The van der Waals surface area contributed by atoms with Gasteiger partial charge in [-0.15, -0.1) is 0 Å². The minimum absolute atomic E-state index is 0.0340. The van der Waals surface area contributed by atoms with Crippen molar-refractivity contribution in [3.63, 3.8) is 0 Å². The SMILES string of the molecule is CCOC(=O)Cc1ccc(F)cc1OCc1nn(C2CCC2)c2ccc(Br)cc12. The number of halogens is 2. The Morgan fingerprint density at radius 2 is 2.10 bits per heavy atom. The highest BCUT2D eigenvalue weighted by Gasteiger charge is 2.24. The van der Waals surface area contributed by atoms with Crippen LogP contribution in [0.15, 0.2) is 40.9 Å². The first-order valence-corrected chi connectivity index (χ1v) is 10.6. The van der Waals surface area contributed by atoms with E-state index in [1.807, 2.05) is 12.1 Å². The summed E-state index contributed by atoms with van der Waals surface area (Å²) in [5, 5.41) is 5.80. The van der Waals surface area contributed by atoms with Crippen LogP contribution in [-0.2, 0) is 22.6 Å². The lowest BCUT2D eigenvalue weighted by atomic mass is 9.93. The Kier molecular flexibility index (Phi) is 5.85. The molecule has 0 aliphatic heterocycles. The van der Waals surface area contributed by atoms with E-state index in [0.717, 1.165) is 33.9 Å². The van der Waals surface area contributed by atoms with Gasteiger partial charge < -0.3 is 9.47 Å². The summed E-state index contributed by atoms with van der Waals surface area (Å²) in [6.07, 6.45) is 3.50. The van der Waals surface area contributed by atoms with Crippen molar-refractivity contribution in [3.8, 4) is 5.75 Å². The van der Waals surface area contributed by atoms with Gasteiger partial charge in [-0.3, -0.25) is 9.48 Å². The predicted molar refractivity (Wildman–Crippen MR) is 111 cm³/mol. The van der Waals surface area contributed by atoms with Crippen molar-refractivity contribution in [3.05, 3.63) is 57.9 Å². The molecule has 0 N–H and O–H groups in total. The van der Waals surface area contributed by atoms with E-state index in [1.165, 1.54) is 18.6 Å². The summed E-state index contributed by atoms with van der Waals surface area (Å²) in [6, 6.07) is 10.7. The summed E-state index contributed by atoms with van der Waals surface area (Å²) in [7, 11) is 0. The van der Waals surface area contributed by atoms with E-state index < -0.39 is 5.82 Å². The van der Waals surface area contributed by atoms with Crippen LogP contribution in [0.2, 0.25) is 0 Å². The van der Waals surface area contributed by atoms with Crippen LogP contribution in [0.1, 0.15) is 43.5 Å². The average molecular weight is 461 g/mol. The summed E-state index contributed by atoms with van der Waals surface area (Å²) in [5.41, 5.74) is 2.45. The quantitative estimate of drug-likeness (QED) is 0.446. The smallest absolute Gasteiger partial charge is 0.310 e. The molecule has 0 atom stereocenters. The Morgan fingerprint density at radius 1 is 1.28 bits per heavy atom. The molecule has 1 aliphatic rings. The molecule has 1 aromatic heterocycles. The Labute approximate surface area is 176 Å². The third-order valence-electron chi connectivity index (χ3n) is 5.20. The van der Waals surface area contributed by atoms with Gasteiger partial charge in [-0.1, -0.05) is 22.0 Å². The van der Waals surface area contributed by atoms with Gasteiger partial charge in [-0.25, -0.2) is 4.39 Å². The van der Waals surface area contributed by atoms with Gasteiger partial charge in [0.2, 0.25) is 0 Å². The second-order valence-electron chi connectivity index (χ2n) is 7.16. The number of aromatic nitrogens is 2. The van der Waals surface area contributed by atoms with Gasteiger partial charge >= 0.3 is 5.97 Å². The molecule has 152 valence electrons. The number of carbonyl (C=O) groups excluding carboxylic acids is 1. The van der Waals surface area contributed by atoms with Crippen molar-refractivity contribution in [1.82, 2.24) is 9.78 Å². The van der Waals surface area contributed by atoms with Crippen LogP contribution < -0.4 is 4.74 Å². The lowest BCUT2D eigenvalue weighted by Gasteiger charge is -2.26. The third kappa shape index (κ3) is 4.29. The normalized spacial score (nSPS) is 14.0. The first-order chi connectivity index (χ1) is 14.0. The maximum Gasteiger partial charge on any atom is 0.310 e. The number of nitrogens with zero attached hydrogens (tertiary/aromatic N) is 2. The van der Waals surface area contributed by atoms with Crippen LogP contribution in [0.3, 0.4) is 0 Å². The molecule has 1 heterocycles. The highest BCUT2D eigenvalue weighted by Crippen LogP contribution is 2.35. The first kappa shape index (κ1) is 19.9. The van der Waals surface area contributed by atoms with E-state index in [-0.39, 0.29) is 19.0 Å². The van der Waals surface area contributed by atoms with Gasteiger partial charge in [-0.2, -0.15) is 5.10 Å². The molecule has 5 nitrogen and oxygen atoms in total. The molecule has 4 rings (SSSR count). The van der Waals surface area contributed by atoms with Gasteiger partial charge in [-0.05, 0) is 50.5 Å². The minimum atomic E-state index is -0.416. The molecule has 0 saturated heterocycles. The maximum atomic E-state index is 13.8. The number of ether oxygens (including phenoxy) is 2. The number of benzene rings is 2. The molecule has 1 saturated carbocycles. The van der Waals surface area contributed by atoms with Gasteiger partial charge in [0.1, 0.15) is 23.9 Å². The van der Waals surface area contributed by atoms with Crippen LogP contribution in [0.4, 0.5) is 4.39 Å². The van der Waals surface area contributed by atoms with Crippen molar-refractivity contribution in [2.75, 3.05) is 6.61 Å². The van der Waals surface area contributed by atoms with E-state index in [2.05, 4.69) is 26.7 Å². The molecular weight excluding hydrogens is 439 g/mol. The van der Waals surface area contributed by atoms with Gasteiger partial charge in [0.05, 0.1) is 24.6 Å². The van der Waals surface area contributed by atoms with Crippen molar-refractivity contribution in [2.24, 2.45) is 0 Å². The van der Waals surface area contributed by atoms with E-state index in [9.17, 15) is 9.18 Å². The Bertz CT molecular complexity index is 1050. The van der Waals surface area contributed by atoms with Gasteiger partial charge in [0, 0.05) is 21.5 Å². The fraction of sp³-hybridized carbons (Fsp3) is 0.364. The van der Waals surface area contributed by atoms with Crippen molar-refractivity contribution >= 4 is 32.8 Å². The number of carbonyl (C=O) groups is 1. The lowest BCUT2D eigenvalue weighted by molar-refractivity contribution is -0.142. The molecule has 1 aliphatic carbocycles. The molecule has 1 fully saturated rings. The average Bonchev–Trinajstić information content (AvgIpc) is 2.98. The number of rotatable bonds is 7. The summed E-state index contributed by atoms with van der Waals surface area (Å²) < 4.78 is 27.8. The largest absolute Gasteiger partial charge is 0.487 e. The van der Waals surface area contributed by atoms with Crippen molar-refractivity contribution < 1.29 is 18.7 Å². The summed E-state index contributed by atoms with van der Waals surface area (Å²) >= 11 is 3.52. The highest BCUT2D eigenvalue weighted by atomic mass is 79.9. The second kappa shape index (κ2) is 8.53. The fourth-order valence-electron chi connectivity index (χ4n) is 3.52. The monoisotopic (exact) mass is 460 g/mol. The molecule has 0 bridgehead atoms. The molecule has 29 heavy (non-hydrogen) atoms. The lowest BCUT2D eigenvalue weighted by Crippen LogP contribution is -2.18. The van der Waals surface area contributed by atoms with Crippen molar-refractivity contribution in [1.29, 1.82) is 0 Å². The summed E-state index contributed by atoms with van der Waals surface area (Å²) in [6.45, 7) is 2.24. The zero-order valence-corrected chi connectivity index (χ0v) is 17.7. The molecule has 0 spiro atoms. The van der Waals surface area contributed by atoms with E-state index in [1.54, 1.807) is 13.0 Å². The molecule has 3 aromatic rings. The molecule has 7 heteroatoms. The zero-order chi connectivity index (χ0) is 20.4. The molecular formula is C22H22BrFN2O3. The fourth-order valence-corrected chi connectivity index (χ4v) is 3.88. The highest BCUT2D eigenvalue weighted by molar-refractivity contribution is 9.10. The zero-order valence-electron chi connectivity index (χ0n) is 16.2. The Hall–Kier alpha value is -2.41. The number of fused-ring (bicyclic) bond motifs is 1. The molecule has 0 unspecified atom stereocenters. The third-order valence-corrected chi connectivity index (χ3v) is 5.69. The van der Waals surface area contributed by atoms with Crippen LogP contribution in [-0.4, -0.2) is 22.4 Å². The molecule has 0 amide bonds. The molecule has 2 aromatic carbocycles. The van der Waals surface area contributed by atoms with E-state index >= 15 is 0 Å². The number of hydrogen-bond acceptors (Lipinski definition) is 4. The summed E-state index contributed by atoms with van der Waals surface area (Å²) in [4.78, 5) is 11.9. The summed E-state index contributed by atoms with van der Waals surface area (Å²) in [5.74, 6) is -0.452. The topological polar surface area (TPSA) is 53.4 Å². The van der Waals surface area contributed by atoms with E-state index in [0.29, 0.717) is 24.0 Å². The van der Waals surface area contributed by atoms with Crippen LogP contribution >= 0.6 is 15.9 Å². The second-order valence-corrected chi connectivity index (χ2v) is 8.08. The Morgan fingerprint density at radius 3 is 2.83 bits per heavy atom. The van der Waals surface area contributed by atoms with Crippen LogP contribution in [0.5, 0.6) is 5.75 Å².